The second-order valence-electron chi connectivity index (χ2n) is 7.66. The topological polar surface area (TPSA) is 57.7 Å². The highest BCUT2D eigenvalue weighted by Crippen LogP contribution is 2.27. The summed E-state index contributed by atoms with van der Waals surface area (Å²) < 4.78 is 28.4. The van der Waals surface area contributed by atoms with E-state index in [0.717, 1.165) is 11.3 Å². The van der Waals surface area contributed by atoms with Crippen LogP contribution in [0.4, 0.5) is 0 Å². The molecule has 0 unspecified atom stereocenters. The molecule has 1 aromatic heterocycles. The third kappa shape index (κ3) is 4.76. The van der Waals surface area contributed by atoms with Gasteiger partial charge in [0.1, 0.15) is 0 Å². The summed E-state index contributed by atoms with van der Waals surface area (Å²) in [6, 6.07) is 10.0. The van der Waals surface area contributed by atoms with Gasteiger partial charge in [-0.25, -0.2) is 8.42 Å². The first kappa shape index (κ1) is 21.3. The molecule has 3 rings (SSSR count). The Balaban J connectivity index is 1.80. The first-order valence-electron chi connectivity index (χ1n) is 9.26. The molecule has 2 heterocycles. The zero-order chi connectivity index (χ0) is 20.5. The summed E-state index contributed by atoms with van der Waals surface area (Å²) in [6.07, 6.45) is 1.03. The van der Waals surface area contributed by atoms with Gasteiger partial charge in [0.25, 0.3) is 5.91 Å². The lowest BCUT2D eigenvalue weighted by Gasteiger charge is -2.34. The molecule has 8 heteroatoms. The molecule has 0 N–H and O–H groups in total. The van der Waals surface area contributed by atoms with E-state index in [1.807, 2.05) is 6.07 Å². The molecule has 1 aliphatic heterocycles. The van der Waals surface area contributed by atoms with Crippen LogP contribution in [0.2, 0.25) is 4.34 Å². The number of carbonyl (C=O) groups is 1. The number of hydrogen-bond donors (Lipinski definition) is 0. The van der Waals surface area contributed by atoms with Crippen molar-refractivity contribution in [3.63, 3.8) is 0 Å². The molecule has 0 bridgehead atoms. The number of hydrogen-bond acceptors (Lipinski definition) is 4. The lowest BCUT2D eigenvalue weighted by atomic mass is 9.94. The molecule has 1 amide bonds. The van der Waals surface area contributed by atoms with Crippen molar-refractivity contribution in [2.24, 2.45) is 11.8 Å². The Morgan fingerprint density at radius 3 is 2.50 bits per heavy atom. The van der Waals surface area contributed by atoms with Crippen LogP contribution in [0, 0.1) is 11.8 Å². The summed E-state index contributed by atoms with van der Waals surface area (Å²) in [5.41, 5.74) is 0.365. The summed E-state index contributed by atoms with van der Waals surface area (Å²) >= 11 is 7.37. The average molecular weight is 441 g/mol. The van der Waals surface area contributed by atoms with Crippen molar-refractivity contribution in [1.29, 1.82) is 0 Å². The van der Waals surface area contributed by atoms with Gasteiger partial charge >= 0.3 is 0 Å². The number of thiophene rings is 1. The summed E-state index contributed by atoms with van der Waals surface area (Å²) in [6.45, 7) is 5.61. The van der Waals surface area contributed by atoms with Crippen LogP contribution in [0.1, 0.15) is 35.5 Å². The summed E-state index contributed by atoms with van der Waals surface area (Å²) in [4.78, 5) is 15.5. The number of halogens is 1. The predicted octanol–water partition coefficient (Wildman–Crippen LogP) is 4.34. The van der Waals surface area contributed by atoms with Gasteiger partial charge in [-0.3, -0.25) is 4.79 Å². The highest BCUT2D eigenvalue weighted by atomic mass is 35.5. The zero-order valence-corrected chi connectivity index (χ0v) is 18.6. The van der Waals surface area contributed by atoms with Crippen molar-refractivity contribution >= 4 is 38.9 Å². The van der Waals surface area contributed by atoms with Gasteiger partial charge in [0.15, 0.2) is 0 Å². The lowest BCUT2D eigenvalue weighted by molar-refractivity contribution is 0.0786. The minimum absolute atomic E-state index is 0.173. The van der Waals surface area contributed by atoms with Crippen molar-refractivity contribution in [2.75, 3.05) is 20.1 Å². The molecule has 0 aliphatic carbocycles. The van der Waals surface area contributed by atoms with Crippen molar-refractivity contribution < 1.29 is 13.2 Å². The summed E-state index contributed by atoms with van der Waals surface area (Å²) in [5.74, 6) is 0.432. The van der Waals surface area contributed by atoms with E-state index in [1.54, 1.807) is 40.5 Å². The summed E-state index contributed by atoms with van der Waals surface area (Å²) in [5, 5.41) is 0. The van der Waals surface area contributed by atoms with Crippen LogP contribution in [-0.2, 0) is 16.6 Å². The van der Waals surface area contributed by atoms with E-state index in [1.165, 1.54) is 17.4 Å². The number of rotatable bonds is 5. The third-order valence-electron chi connectivity index (χ3n) is 4.92. The molecule has 1 aromatic carbocycles. The Hall–Kier alpha value is -1.41. The van der Waals surface area contributed by atoms with Crippen LogP contribution >= 0.6 is 22.9 Å². The molecule has 2 atom stereocenters. The maximum Gasteiger partial charge on any atom is 0.253 e. The predicted molar refractivity (Wildman–Crippen MR) is 113 cm³/mol. The zero-order valence-electron chi connectivity index (χ0n) is 16.3. The fourth-order valence-electron chi connectivity index (χ4n) is 3.70. The van der Waals surface area contributed by atoms with Crippen molar-refractivity contribution in [3.05, 3.63) is 51.2 Å². The van der Waals surface area contributed by atoms with Gasteiger partial charge in [-0.15, -0.1) is 11.3 Å². The van der Waals surface area contributed by atoms with Crippen LogP contribution in [0.25, 0.3) is 0 Å². The van der Waals surface area contributed by atoms with Gasteiger partial charge in [0.05, 0.1) is 15.8 Å². The molecule has 0 spiro atoms. The van der Waals surface area contributed by atoms with Gasteiger partial charge in [0.2, 0.25) is 10.0 Å². The normalized spacial score (nSPS) is 20.9. The minimum atomic E-state index is -3.62. The second-order valence-corrected chi connectivity index (χ2v) is 11.4. The molecule has 1 aliphatic rings. The van der Waals surface area contributed by atoms with Gasteiger partial charge in [-0.1, -0.05) is 31.5 Å². The van der Waals surface area contributed by atoms with E-state index >= 15 is 0 Å². The van der Waals surface area contributed by atoms with E-state index < -0.39 is 10.0 Å². The lowest BCUT2D eigenvalue weighted by Crippen LogP contribution is -2.42. The SMILES string of the molecule is C[C@@H]1C[C@@H](C)CN(S(=O)(=O)c2cccc(C(=O)N(C)Cc3ccc(Cl)s3)c2)C1. The Labute approximate surface area is 176 Å². The van der Waals surface area contributed by atoms with Crippen molar-refractivity contribution in [2.45, 2.75) is 31.7 Å². The van der Waals surface area contributed by atoms with E-state index in [9.17, 15) is 13.2 Å². The van der Waals surface area contributed by atoms with E-state index in [4.69, 9.17) is 11.6 Å². The van der Waals surface area contributed by atoms with Gasteiger partial charge in [-0.2, -0.15) is 4.31 Å². The smallest absolute Gasteiger partial charge is 0.253 e. The fourth-order valence-corrected chi connectivity index (χ4v) is 6.57. The van der Waals surface area contributed by atoms with Crippen molar-refractivity contribution in [3.8, 4) is 0 Å². The Morgan fingerprint density at radius 2 is 1.89 bits per heavy atom. The Morgan fingerprint density at radius 1 is 1.21 bits per heavy atom. The molecule has 28 heavy (non-hydrogen) atoms. The Bertz CT molecular complexity index is 948. The molecule has 5 nitrogen and oxygen atoms in total. The van der Waals surface area contributed by atoms with Gasteiger partial charge in [-0.05, 0) is 48.6 Å². The summed E-state index contributed by atoms with van der Waals surface area (Å²) in [7, 11) is -1.92. The van der Waals surface area contributed by atoms with Gasteiger partial charge in [0, 0.05) is 30.6 Å². The van der Waals surface area contributed by atoms with E-state index in [0.29, 0.717) is 41.4 Å². The standard InChI is InChI=1S/C20H25ClN2O3S2/c1-14-9-15(2)12-23(11-14)28(25,26)18-6-4-5-16(10-18)20(24)22(3)13-17-7-8-19(21)27-17/h4-8,10,14-15H,9,11-13H2,1-3H3/t14-,15-/m1/s1. The van der Waals surface area contributed by atoms with Crippen LogP contribution in [0.3, 0.4) is 0 Å². The van der Waals surface area contributed by atoms with Crippen LogP contribution in [0.5, 0.6) is 0 Å². The number of carbonyl (C=O) groups excluding carboxylic acids is 1. The van der Waals surface area contributed by atoms with E-state index in [2.05, 4.69) is 13.8 Å². The number of benzene rings is 1. The molecule has 0 radical (unpaired) electrons. The molecule has 1 fully saturated rings. The Kier molecular flexibility index (Phi) is 6.49. The van der Waals surface area contributed by atoms with Crippen LogP contribution in [0.15, 0.2) is 41.3 Å². The van der Waals surface area contributed by atoms with Crippen LogP contribution in [-0.4, -0.2) is 43.7 Å². The monoisotopic (exact) mass is 440 g/mol. The first-order chi connectivity index (χ1) is 13.2. The van der Waals surface area contributed by atoms with Crippen molar-refractivity contribution in [1.82, 2.24) is 9.21 Å². The highest BCUT2D eigenvalue weighted by molar-refractivity contribution is 7.89. The number of amides is 1. The molecule has 1 saturated heterocycles. The van der Waals surface area contributed by atoms with Crippen LogP contribution < -0.4 is 0 Å². The molecular formula is C20H25ClN2O3S2. The largest absolute Gasteiger partial charge is 0.337 e. The quantitative estimate of drug-likeness (QED) is 0.694. The maximum atomic E-state index is 13.1. The average Bonchev–Trinajstić information content (AvgIpc) is 3.05. The third-order valence-corrected chi connectivity index (χ3v) is 7.97. The number of sulfonamides is 1. The number of piperidine rings is 1. The van der Waals surface area contributed by atoms with Gasteiger partial charge < -0.3 is 4.90 Å². The molecule has 2 aromatic rings. The second kappa shape index (κ2) is 8.53. The molecular weight excluding hydrogens is 416 g/mol. The number of nitrogens with zero attached hydrogens (tertiary/aromatic N) is 2. The minimum Gasteiger partial charge on any atom is -0.337 e. The molecule has 0 saturated carbocycles. The highest BCUT2D eigenvalue weighted by Gasteiger charge is 2.32. The van der Waals surface area contributed by atoms with E-state index in [-0.39, 0.29) is 10.8 Å². The first-order valence-corrected chi connectivity index (χ1v) is 11.9. The fraction of sp³-hybridized carbons (Fsp3) is 0.450. The molecule has 152 valence electrons. The maximum absolute atomic E-state index is 13.1.